The van der Waals surface area contributed by atoms with E-state index in [1.54, 1.807) is 12.1 Å². The van der Waals surface area contributed by atoms with E-state index < -0.39 is 0 Å². The van der Waals surface area contributed by atoms with Gasteiger partial charge in [0.25, 0.3) is 0 Å². The number of hydrogen-bond acceptors (Lipinski definition) is 2. The molecule has 124 valence electrons. The minimum atomic E-state index is -0.224. The minimum absolute atomic E-state index is 0.131. The summed E-state index contributed by atoms with van der Waals surface area (Å²) in [6.45, 7) is 0. The van der Waals surface area contributed by atoms with Gasteiger partial charge in [-0.1, -0.05) is 11.6 Å². The second kappa shape index (κ2) is 5.30. The molecule has 0 unspecified atom stereocenters. The molecule has 0 bridgehead atoms. The van der Waals surface area contributed by atoms with E-state index in [2.05, 4.69) is 6.08 Å². The van der Waals surface area contributed by atoms with Crippen LogP contribution in [0.4, 0.5) is 4.39 Å². The topological polar surface area (TPSA) is 26.3 Å². The first-order valence-corrected chi connectivity index (χ1v) is 9.12. The highest BCUT2D eigenvalue weighted by atomic mass is 19.1. The van der Waals surface area contributed by atoms with E-state index >= 15 is 0 Å². The van der Waals surface area contributed by atoms with Gasteiger partial charge in [0.2, 0.25) is 0 Å². The largest absolute Gasteiger partial charge is 0.489 e. The molecule has 5 rings (SSSR count). The lowest BCUT2D eigenvalue weighted by Gasteiger charge is -2.43. The van der Waals surface area contributed by atoms with Crippen molar-refractivity contribution in [1.29, 1.82) is 0 Å². The van der Waals surface area contributed by atoms with Gasteiger partial charge < -0.3 is 4.74 Å². The first-order chi connectivity index (χ1) is 11.7. The summed E-state index contributed by atoms with van der Waals surface area (Å²) in [6, 6.07) is 6.60. The molecule has 2 saturated carbocycles. The van der Waals surface area contributed by atoms with Crippen LogP contribution in [-0.4, -0.2) is 11.9 Å². The molecule has 3 heteroatoms. The third kappa shape index (κ3) is 2.03. The first-order valence-electron chi connectivity index (χ1n) is 9.12. The van der Waals surface area contributed by atoms with Gasteiger partial charge >= 0.3 is 0 Å². The SMILES string of the molecule is O=C1CCCC2=CC3=C(c4ccc(F)cc4)O[C@@H]4CCC[C@H]([C@@H]12)[C@H]34. The molecule has 0 N–H and O–H groups in total. The fourth-order valence-electron chi connectivity index (χ4n) is 5.36. The monoisotopic (exact) mass is 324 g/mol. The number of fused-ring (bicyclic) bond motifs is 2. The van der Waals surface area contributed by atoms with Gasteiger partial charge in [-0.25, -0.2) is 4.39 Å². The van der Waals surface area contributed by atoms with Crippen LogP contribution >= 0.6 is 0 Å². The van der Waals surface area contributed by atoms with Crippen molar-refractivity contribution in [3.05, 3.63) is 52.9 Å². The summed E-state index contributed by atoms with van der Waals surface area (Å²) in [5.41, 5.74) is 3.53. The first kappa shape index (κ1) is 14.4. The third-order valence-corrected chi connectivity index (χ3v) is 6.29. The lowest BCUT2D eigenvalue weighted by atomic mass is 9.59. The molecular weight excluding hydrogens is 303 g/mol. The van der Waals surface area contributed by atoms with Crippen LogP contribution < -0.4 is 0 Å². The van der Waals surface area contributed by atoms with Crippen molar-refractivity contribution in [2.24, 2.45) is 17.8 Å². The molecular formula is C21H21FO2. The summed E-state index contributed by atoms with van der Waals surface area (Å²) < 4.78 is 19.6. The van der Waals surface area contributed by atoms with Crippen LogP contribution in [0.2, 0.25) is 0 Å². The second-order valence-electron chi connectivity index (χ2n) is 7.58. The highest BCUT2D eigenvalue weighted by Crippen LogP contribution is 2.55. The Bertz CT molecular complexity index is 759. The van der Waals surface area contributed by atoms with Gasteiger partial charge in [-0.3, -0.25) is 4.79 Å². The molecule has 3 aliphatic carbocycles. The van der Waals surface area contributed by atoms with Gasteiger partial charge in [-0.2, -0.15) is 0 Å². The van der Waals surface area contributed by atoms with Crippen molar-refractivity contribution in [2.45, 2.75) is 44.6 Å². The van der Waals surface area contributed by atoms with E-state index in [1.165, 1.54) is 23.3 Å². The number of allylic oxidation sites excluding steroid dienone is 2. The number of carbonyl (C=O) groups is 1. The predicted octanol–water partition coefficient (Wildman–Crippen LogP) is 4.66. The highest BCUT2D eigenvalue weighted by Gasteiger charge is 2.51. The summed E-state index contributed by atoms with van der Waals surface area (Å²) >= 11 is 0. The Hall–Kier alpha value is -1.90. The Morgan fingerprint density at radius 3 is 2.71 bits per heavy atom. The average molecular weight is 324 g/mol. The number of hydrogen-bond donors (Lipinski definition) is 0. The van der Waals surface area contributed by atoms with Gasteiger partial charge in [0.15, 0.2) is 0 Å². The summed E-state index contributed by atoms with van der Waals surface area (Å²) in [7, 11) is 0. The maximum atomic E-state index is 13.3. The van der Waals surface area contributed by atoms with Crippen LogP contribution in [0.5, 0.6) is 0 Å². The highest BCUT2D eigenvalue weighted by molar-refractivity contribution is 5.86. The van der Waals surface area contributed by atoms with E-state index in [4.69, 9.17) is 4.74 Å². The second-order valence-corrected chi connectivity index (χ2v) is 7.58. The van der Waals surface area contributed by atoms with Crippen LogP contribution in [0, 0.1) is 23.6 Å². The zero-order valence-electron chi connectivity index (χ0n) is 13.6. The summed E-state index contributed by atoms with van der Waals surface area (Å²) in [4.78, 5) is 12.6. The molecule has 0 aromatic heterocycles. The lowest BCUT2D eigenvalue weighted by Crippen LogP contribution is -2.42. The number of ether oxygens (including phenoxy) is 1. The summed E-state index contributed by atoms with van der Waals surface area (Å²) in [5, 5.41) is 0. The van der Waals surface area contributed by atoms with E-state index in [9.17, 15) is 9.18 Å². The van der Waals surface area contributed by atoms with Crippen molar-refractivity contribution in [1.82, 2.24) is 0 Å². The van der Waals surface area contributed by atoms with Crippen molar-refractivity contribution in [2.75, 3.05) is 0 Å². The van der Waals surface area contributed by atoms with E-state index in [0.29, 0.717) is 17.6 Å². The molecule has 1 heterocycles. The van der Waals surface area contributed by atoms with E-state index in [0.717, 1.165) is 49.8 Å². The van der Waals surface area contributed by atoms with Gasteiger partial charge in [0, 0.05) is 29.4 Å². The quantitative estimate of drug-likeness (QED) is 0.751. The van der Waals surface area contributed by atoms with Gasteiger partial charge in [0.05, 0.1) is 0 Å². The molecule has 1 aromatic carbocycles. The average Bonchev–Trinajstić information content (AvgIpc) is 2.96. The number of rotatable bonds is 1. The molecule has 0 amide bonds. The molecule has 4 atom stereocenters. The number of benzene rings is 1. The maximum absolute atomic E-state index is 13.3. The normalized spacial score (nSPS) is 34.4. The van der Waals surface area contributed by atoms with Crippen LogP contribution in [-0.2, 0) is 9.53 Å². The zero-order valence-corrected chi connectivity index (χ0v) is 13.6. The van der Waals surface area contributed by atoms with Crippen molar-refractivity contribution < 1.29 is 13.9 Å². The molecule has 0 spiro atoms. The smallest absolute Gasteiger partial charge is 0.140 e. The Kier molecular flexibility index (Phi) is 3.19. The zero-order chi connectivity index (χ0) is 16.3. The number of ketones is 1. The minimum Gasteiger partial charge on any atom is -0.489 e. The molecule has 1 aliphatic heterocycles. The van der Waals surface area contributed by atoms with Crippen LogP contribution in [0.25, 0.3) is 5.76 Å². The Morgan fingerprint density at radius 2 is 1.88 bits per heavy atom. The van der Waals surface area contributed by atoms with Gasteiger partial charge in [0.1, 0.15) is 23.5 Å². The molecule has 4 aliphatic rings. The molecule has 2 nitrogen and oxygen atoms in total. The fourth-order valence-corrected chi connectivity index (χ4v) is 5.36. The van der Waals surface area contributed by atoms with Crippen LogP contribution in [0.1, 0.15) is 44.1 Å². The number of carbonyl (C=O) groups excluding carboxylic acids is 1. The molecule has 2 fully saturated rings. The third-order valence-electron chi connectivity index (χ3n) is 6.29. The standard InChI is InChI=1S/C21H21FO2/c22-14-9-7-12(8-10-14)21-16-11-13-3-1-5-17(23)19(13)15-4-2-6-18(24-21)20(15)16/h7-11,15,18-20H,1-6H2/t15-,18-,19+,20-/m1/s1. The molecule has 1 aromatic rings. The van der Waals surface area contributed by atoms with Crippen molar-refractivity contribution in [3.63, 3.8) is 0 Å². The maximum Gasteiger partial charge on any atom is 0.140 e. The van der Waals surface area contributed by atoms with Crippen molar-refractivity contribution in [3.8, 4) is 0 Å². The Balaban J connectivity index is 1.65. The number of halogens is 1. The summed E-state index contributed by atoms with van der Waals surface area (Å²) in [6.07, 6.45) is 8.50. The van der Waals surface area contributed by atoms with Crippen LogP contribution in [0.3, 0.4) is 0 Å². The predicted molar refractivity (Wildman–Crippen MR) is 89.5 cm³/mol. The van der Waals surface area contributed by atoms with E-state index in [-0.39, 0.29) is 17.8 Å². The van der Waals surface area contributed by atoms with Crippen LogP contribution in [0.15, 0.2) is 41.5 Å². The number of Topliss-reactive ketones (excluding diaryl/α,β-unsaturated/α-hetero) is 1. The van der Waals surface area contributed by atoms with Gasteiger partial charge in [-0.15, -0.1) is 0 Å². The molecule has 24 heavy (non-hydrogen) atoms. The van der Waals surface area contributed by atoms with Gasteiger partial charge in [-0.05, 0) is 62.3 Å². The molecule has 0 radical (unpaired) electrons. The Morgan fingerprint density at radius 1 is 1.04 bits per heavy atom. The van der Waals surface area contributed by atoms with Crippen molar-refractivity contribution >= 4 is 11.5 Å². The fraction of sp³-hybridized carbons (Fsp3) is 0.476. The lowest BCUT2D eigenvalue weighted by molar-refractivity contribution is -0.126. The summed E-state index contributed by atoms with van der Waals surface area (Å²) in [5.74, 6) is 2.01. The molecule has 0 saturated heterocycles. The van der Waals surface area contributed by atoms with E-state index in [1.807, 2.05) is 0 Å². The Labute approximate surface area is 141 Å².